The van der Waals surface area contributed by atoms with Crippen molar-refractivity contribution in [3.63, 3.8) is 0 Å². The maximum absolute atomic E-state index is 13.3. The van der Waals surface area contributed by atoms with Crippen LogP contribution in [0.25, 0.3) is 17.3 Å². The minimum atomic E-state index is -0.470. The fourth-order valence-electron chi connectivity index (χ4n) is 4.40. The molecular formula is C36H32N4O5S2. The van der Waals surface area contributed by atoms with Gasteiger partial charge in [0.15, 0.2) is 16.6 Å². The summed E-state index contributed by atoms with van der Waals surface area (Å²) in [5.74, 6) is 0.167. The second kappa shape index (κ2) is 15.7. The molecule has 9 nitrogen and oxygen atoms in total. The number of rotatable bonds is 12. The Morgan fingerprint density at radius 2 is 1.51 bits per heavy atom. The lowest BCUT2D eigenvalue weighted by Crippen LogP contribution is -2.30. The zero-order valence-electron chi connectivity index (χ0n) is 25.9. The molecule has 3 N–H and O–H groups in total. The van der Waals surface area contributed by atoms with E-state index in [0.717, 1.165) is 16.0 Å². The molecular weight excluding hydrogens is 633 g/mol. The van der Waals surface area contributed by atoms with Crippen molar-refractivity contribution in [2.45, 2.75) is 17.1 Å². The number of hydrogen-bond acceptors (Lipinski definition) is 8. The van der Waals surface area contributed by atoms with Gasteiger partial charge in [0.05, 0.1) is 25.2 Å². The minimum absolute atomic E-state index is 0.102. The number of benzene rings is 4. The zero-order chi connectivity index (χ0) is 33.2. The molecule has 0 aliphatic rings. The molecule has 1 heterocycles. The number of thiazole rings is 1. The van der Waals surface area contributed by atoms with E-state index in [9.17, 15) is 14.4 Å². The van der Waals surface area contributed by atoms with Crippen LogP contribution in [0.4, 0.5) is 10.8 Å². The molecule has 3 amide bonds. The number of ether oxygens (including phenoxy) is 2. The maximum atomic E-state index is 13.3. The van der Waals surface area contributed by atoms with Gasteiger partial charge in [-0.3, -0.25) is 14.4 Å². The van der Waals surface area contributed by atoms with Crippen LogP contribution in [0.5, 0.6) is 11.5 Å². The number of aromatic nitrogens is 1. The Bertz CT molecular complexity index is 1880. The normalized spacial score (nSPS) is 11.7. The van der Waals surface area contributed by atoms with E-state index in [-0.39, 0.29) is 11.6 Å². The van der Waals surface area contributed by atoms with Crippen molar-refractivity contribution in [1.29, 1.82) is 0 Å². The molecule has 0 saturated heterocycles. The summed E-state index contributed by atoms with van der Waals surface area (Å²) in [6.45, 7) is 1.81. The number of nitrogens with zero attached hydrogens (tertiary/aromatic N) is 1. The molecule has 1 atom stereocenters. The molecule has 0 spiro atoms. The first-order valence-corrected chi connectivity index (χ1v) is 16.3. The van der Waals surface area contributed by atoms with E-state index in [0.29, 0.717) is 33.6 Å². The van der Waals surface area contributed by atoms with Crippen LogP contribution >= 0.6 is 23.1 Å². The van der Waals surface area contributed by atoms with Crippen molar-refractivity contribution in [1.82, 2.24) is 10.3 Å². The van der Waals surface area contributed by atoms with Crippen molar-refractivity contribution < 1.29 is 23.9 Å². The molecule has 1 aromatic heterocycles. The zero-order valence-corrected chi connectivity index (χ0v) is 27.5. The van der Waals surface area contributed by atoms with E-state index >= 15 is 0 Å². The van der Waals surface area contributed by atoms with Gasteiger partial charge in [-0.1, -0.05) is 48.5 Å². The van der Waals surface area contributed by atoms with Gasteiger partial charge in [0.25, 0.3) is 11.8 Å². The van der Waals surface area contributed by atoms with Crippen molar-refractivity contribution in [2.75, 3.05) is 24.9 Å². The summed E-state index contributed by atoms with van der Waals surface area (Å²) in [5.41, 5.74) is 3.40. The highest BCUT2D eigenvalue weighted by atomic mass is 32.2. The second-order valence-corrected chi connectivity index (χ2v) is 12.4. The van der Waals surface area contributed by atoms with Gasteiger partial charge in [-0.15, -0.1) is 23.1 Å². The van der Waals surface area contributed by atoms with E-state index in [1.807, 2.05) is 79.0 Å². The smallest absolute Gasteiger partial charge is 0.272 e. The van der Waals surface area contributed by atoms with Crippen LogP contribution < -0.4 is 25.4 Å². The summed E-state index contributed by atoms with van der Waals surface area (Å²) < 4.78 is 10.7. The van der Waals surface area contributed by atoms with Gasteiger partial charge in [-0.25, -0.2) is 4.98 Å². The molecule has 4 aromatic carbocycles. The highest BCUT2D eigenvalue weighted by Gasteiger charge is 2.18. The lowest BCUT2D eigenvalue weighted by atomic mass is 10.1. The van der Waals surface area contributed by atoms with Crippen LogP contribution in [0, 0.1) is 0 Å². The number of nitrogens with one attached hydrogen (secondary N) is 3. The molecule has 11 heteroatoms. The summed E-state index contributed by atoms with van der Waals surface area (Å²) in [6, 6.07) is 30.7. The monoisotopic (exact) mass is 664 g/mol. The number of carbonyl (C=O) groups excluding carboxylic acids is 3. The second-order valence-electron chi connectivity index (χ2n) is 10.1. The van der Waals surface area contributed by atoms with Gasteiger partial charge >= 0.3 is 0 Å². The average Bonchev–Trinajstić information content (AvgIpc) is 3.57. The van der Waals surface area contributed by atoms with Crippen LogP contribution in [-0.4, -0.2) is 42.2 Å². The quantitative estimate of drug-likeness (QED) is 0.0943. The molecule has 238 valence electrons. The fraction of sp³-hybridized carbons (Fsp3) is 0.111. The summed E-state index contributed by atoms with van der Waals surface area (Å²) in [4.78, 5) is 44.5. The van der Waals surface area contributed by atoms with E-state index < -0.39 is 17.1 Å². The molecule has 0 aliphatic carbocycles. The lowest BCUT2D eigenvalue weighted by Gasteiger charge is -2.13. The van der Waals surface area contributed by atoms with Gasteiger partial charge in [0.2, 0.25) is 5.91 Å². The number of thioether (sulfide) groups is 1. The SMILES string of the molecule is COc1ccc(-c2csc(NC(=O)C(C)Sc3ccc(NC(=O)/C(=C/c4ccccc4)NC(=O)c4ccccc4)cc3)n2)cc1OC. The molecule has 0 saturated carbocycles. The number of amides is 3. The van der Waals surface area contributed by atoms with Gasteiger partial charge in [0.1, 0.15) is 5.70 Å². The Hall–Kier alpha value is -5.39. The highest BCUT2D eigenvalue weighted by Crippen LogP contribution is 2.34. The molecule has 0 aliphatic heterocycles. The van der Waals surface area contributed by atoms with Crippen molar-refractivity contribution in [3.8, 4) is 22.8 Å². The fourth-order valence-corrected chi connectivity index (χ4v) is 5.99. The van der Waals surface area contributed by atoms with Gasteiger partial charge < -0.3 is 25.4 Å². The summed E-state index contributed by atoms with van der Waals surface area (Å²) in [5, 5.41) is 10.4. The van der Waals surface area contributed by atoms with Crippen molar-refractivity contribution in [3.05, 3.63) is 125 Å². The van der Waals surface area contributed by atoms with Crippen LogP contribution in [-0.2, 0) is 9.59 Å². The van der Waals surface area contributed by atoms with Crippen molar-refractivity contribution in [2.24, 2.45) is 0 Å². The minimum Gasteiger partial charge on any atom is -0.493 e. The Labute approximate surface area is 281 Å². The number of methoxy groups -OCH3 is 2. The Balaban J connectivity index is 1.19. The first-order valence-electron chi connectivity index (χ1n) is 14.5. The highest BCUT2D eigenvalue weighted by molar-refractivity contribution is 8.00. The molecule has 5 aromatic rings. The van der Waals surface area contributed by atoms with Crippen LogP contribution in [0.3, 0.4) is 0 Å². The first kappa shape index (κ1) is 33.0. The number of anilines is 2. The first-order chi connectivity index (χ1) is 22.8. The van der Waals surface area contributed by atoms with E-state index in [4.69, 9.17) is 9.47 Å². The average molecular weight is 665 g/mol. The van der Waals surface area contributed by atoms with E-state index in [2.05, 4.69) is 20.9 Å². The molecule has 0 bridgehead atoms. The number of carbonyl (C=O) groups is 3. The Kier molecular flexibility index (Phi) is 11.1. The van der Waals surface area contributed by atoms with Crippen molar-refractivity contribution >= 4 is 57.7 Å². The van der Waals surface area contributed by atoms with E-state index in [1.54, 1.807) is 56.7 Å². The third-order valence-corrected chi connectivity index (χ3v) is 8.72. The molecule has 5 rings (SSSR count). The van der Waals surface area contributed by atoms with Gasteiger partial charge in [-0.2, -0.15) is 0 Å². The predicted molar refractivity (Wildman–Crippen MR) is 188 cm³/mol. The third kappa shape index (κ3) is 8.87. The standard InChI is InChI=1S/C36H32N4O5S2/c1-23(33(41)40-36-39-30(22-46-36)26-14-19-31(44-2)32(21-26)45-3)47-28-17-15-27(16-18-28)37-35(43)29(20-24-10-6-4-7-11-24)38-34(42)25-12-8-5-9-13-25/h4-23H,1-3H3,(H,37,43)(H,38,42)(H,39,40,41)/b29-20-. The van der Waals surface area contributed by atoms with E-state index in [1.165, 1.54) is 23.1 Å². The summed E-state index contributed by atoms with van der Waals surface area (Å²) in [6.07, 6.45) is 1.62. The van der Waals surface area contributed by atoms with Crippen LogP contribution in [0.2, 0.25) is 0 Å². The van der Waals surface area contributed by atoms with Gasteiger partial charge in [0, 0.05) is 27.1 Å². The maximum Gasteiger partial charge on any atom is 0.272 e. The summed E-state index contributed by atoms with van der Waals surface area (Å²) in [7, 11) is 3.16. The molecule has 0 fully saturated rings. The Morgan fingerprint density at radius 1 is 0.830 bits per heavy atom. The molecule has 47 heavy (non-hydrogen) atoms. The molecule has 1 unspecified atom stereocenters. The predicted octanol–water partition coefficient (Wildman–Crippen LogP) is 7.36. The van der Waals surface area contributed by atoms with Crippen LogP contribution in [0.1, 0.15) is 22.8 Å². The summed E-state index contributed by atoms with van der Waals surface area (Å²) >= 11 is 2.72. The largest absolute Gasteiger partial charge is 0.493 e. The Morgan fingerprint density at radius 3 is 2.19 bits per heavy atom. The number of hydrogen-bond donors (Lipinski definition) is 3. The van der Waals surface area contributed by atoms with Gasteiger partial charge in [-0.05, 0) is 73.2 Å². The third-order valence-electron chi connectivity index (χ3n) is 6.85. The van der Waals surface area contributed by atoms with Crippen LogP contribution in [0.15, 0.2) is 119 Å². The molecule has 0 radical (unpaired) electrons. The topological polar surface area (TPSA) is 119 Å². The lowest BCUT2D eigenvalue weighted by molar-refractivity contribution is -0.115.